The number of benzene rings is 2. The highest BCUT2D eigenvalue weighted by Gasteiger charge is 2.34. The number of rotatable bonds is 4. The second kappa shape index (κ2) is 7.61. The molecular weight excluding hydrogens is 437 g/mol. The molecule has 11 heteroatoms. The molecule has 1 aromatic heterocycles. The van der Waals surface area contributed by atoms with E-state index in [1.165, 1.54) is 22.5 Å². The number of amides is 1. The molecular formula is C21H20FN5O4S. The molecule has 0 saturated carbocycles. The van der Waals surface area contributed by atoms with Gasteiger partial charge in [-0.15, -0.1) is 0 Å². The summed E-state index contributed by atoms with van der Waals surface area (Å²) in [7, 11) is -1.94. The number of nitrogens with one attached hydrogen (secondary N) is 2. The first kappa shape index (κ1) is 20.5. The summed E-state index contributed by atoms with van der Waals surface area (Å²) in [6.45, 7) is 1.37. The third-order valence-corrected chi connectivity index (χ3v) is 7.39. The minimum Gasteiger partial charge on any atom is -0.490 e. The van der Waals surface area contributed by atoms with Crippen molar-refractivity contribution in [3.05, 3.63) is 65.1 Å². The van der Waals surface area contributed by atoms with Crippen LogP contribution in [0.25, 0.3) is 0 Å². The van der Waals surface area contributed by atoms with Crippen LogP contribution >= 0.6 is 0 Å². The van der Waals surface area contributed by atoms with Gasteiger partial charge >= 0.3 is 0 Å². The molecule has 166 valence electrons. The number of aromatic amines is 1. The molecule has 5 rings (SSSR count). The quantitative estimate of drug-likeness (QED) is 0.623. The number of nitrogens with zero attached hydrogens (tertiary/aromatic N) is 3. The Morgan fingerprint density at radius 2 is 2.06 bits per heavy atom. The number of anilines is 2. The van der Waals surface area contributed by atoms with Crippen molar-refractivity contribution in [1.29, 1.82) is 0 Å². The van der Waals surface area contributed by atoms with Gasteiger partial charge in [0.25, 0.3) is 5.91 Å². The number of aromatic nitrogens is 2. The molecule has 3 heterocycles. The Balaban J connectivity index is 1.35. The third-order valence-electron chi connectivity index (χ3n) is 5.61. The molecule has 1 amide bonds. The minimum absolute atomic E-state index is 0.0123. The average Bonchev–Trinajstić information content (AvgIpc) is 3.36. The lowest BCUT2D eigenvalue weighted by Gasteiger charge is -2.27. The predicted octanol–water partition coefficient (Wildman–Crippen LogP) is 2.33. The van der Waals surface area contributed by atoms with E-state index in [-0.39, 0.29) is 29.7 Å². The Kier molecular flexibility index (Phi) is 4.86. The second-order valence-corrected chi connectivity index (χ2v) is 9.60. The lowest BCUT2D eigenvalue weighted by Crippen LogP contribution is -2.29. The zero-order chi connectivity index (χ0) is 22.5. The van der Waals surface area contributed by atoms with E-state index < -0.39 is 15.8 Å². The molecule has 2 aromatic carbocycles. The van der Waals surface area contributed by atoms with E-state index >= 15 is 0 Å². The number of sulfonamides is 1. The highest BCUT2D eigenvalue weighted by Crippen LogP contribution is 2.33. The van der Waals surface area contributed by atoms with Crippen molar-refractivity contribution >= 4 is 27.4 Å². The first-order chi connectivity index (χ1) is 15.3. The molecule has 0 bridgehead atoms. The first-order valence-corrected chi connectivity index (χ1v) is 11.4. The zero-order valence-corrected chi connectivity index (χ0v) is 17.9. The minimum atomic E-state index is -3.90. The van der Waals surface area contributed by atoms with Crippen molar-refractivity contribution in [1.82, 2.24) is 14.5 Å². The monoisotopic (exact) mass is 457 g/mol. The van der Waals surface area contributed by atoms with Crippen molar-refractivity contribution in [2.75, 3.05) is 30.4 Å². The summed E-state index contributed by atoms with van der Waals surface area (Å²) in [6, 6.07) is 10.1. The molecule has 3 aromatic rings. The van der Waals surface area contributed by atoms with Crippen molar-refractivity contribution < 1.29 is 22.3 Å². The van der Waals surface area contributed by atoms with Crippen LogP contribution in [0.3, 0.4) is 0 Å². The van der Waals surface area contributed by atoms with E-state index in [4.69, 9.17) is 4.74 Å². The van der Waals surface area contributed by atoms with Crippen LogP contribution in [0.15, 0.2) is 47.4 Å². The summed E-state index contributed by atoms with van der Waals surface area (Å²) in [5.74, 6) is -0.118. The predicted molar refractivity (Wildman–Crippen MR) is 115 cm³/mol. The smallest absolute Gasteiger partial charge is 0.257 e. The van der Waals surface area contributed by atoms with Crippen molar-refractivity contribution in [2.45, 2.75) is 18.0 Å². The van der Waals surface area contributed by atoms with Gasteiger partial charge in [-0.2, -0.15) is 9.40 Å². The number of halogens is 1. The largest absolute Gasteiger partial charge is 0.490 e. The Labute approximate surface area is 183 Å². The third kappa shape index (κ3) is 3.49. The summed E-state index contributed by atoms with van der Waals surface area (Å²) in [4.78, 5) is 14.7. The summed E-state index contributed by atoms with van der Waals surface area (Å²) < 4.78 is 46.2. The van der Waals surface area contributed by atoms with E-state index in [0.717, 1.165) is 18.3 Å². The van der Waals surface area contributed by atoms with E-state index in [2.05, 4.69) is 20.4 Å². The summed E-state index contributed by atoms with van der Waals surface area (Å²) in [5, 5.41) is 9.66. The molecule has 2 aliphatic heterocycles. The molecule has 0 aliphatic carbocycles. The normalized spacial score (nSPS) is 15.8. The second-order valence-electron chi connectivity index (χ2n) is 7.67. The molecule has 0 fully saturated rings. The Hall–Kier alpha value is -3.44. The average molecular weight is 457 g/mol. The van der Waals surface area contributed by atoms with Crippen molar-refractivity contribution in [3.8, 4) is 5.75 Å². The lowest BCUT2D eigenvalue weighted by molar-refractivity contribution is 0.102. The maximum atomic E-state index is 13.5. The van der Waals surface area contributed by atoms with Crippen LogP contribution in [0.1, 0.15) is 21.6 Å². The fourth-order valence-electron chi connectivity index (χ4n) is 3.84. The molecule has 0 spiro atoms. The van der Waals surface area contributed by atoms with E-state index in [0.29, 0.717) is 29.2 Å². The van der Waals surface area contributed by atoms with Gasteiger partial charge in [-0.3, -0.25) is 9.89 Å². The number of ether oxygens (including phenoxy) is 1. The number of carbonyl (C=O) groups is 1. The molecule has 0 saturated heterocycles. The molecule has 32 heavy (non-hydrogen) atoms. The Bertz CT molecular complexity index is 1320. The summed E-state index contributed by atoms with van der Waals surface area (Å²) in [5.41, 5.74) is 2.47. The molecule has 0 atom stereocenters. The van der Waals surface area contributed by atoms with Gasteiger partial charge in [0, 0.05) is 24.7 Å². The number of H-pyrrole nitrogens is 1. The van der Waals surface area contributed by atoms with Crippen LogP contribution < -0.4 is 15.0 Å². The highest BCUT2D eigenvalue weighted by atomic mass is 32.2. The lowest BCUT2D eigenvalue weighted by atomic mass is 10.1. The fourth-order valence-corrected chi connectivity index (χ4v) is 5.25. The standard InChI is InChI=1S/C21H20FN5O4S/c1-26-7-8-31-19-9-13(5-6-18(19)26)21(28)23-20-16-11-27(12-17(16)24-25-20)32(29,30)15-4-2-3-14(22)10-15/h2-6,9-10H,7-8,11-12H2,1H3,(H2,23,24,25,28). The number of hydrogen-bond acceptors (Lipinski definition) is 6. The number of fused-ring (bicyclic) bond motifs is 2. The molecule has 2 aliphatic rings. The van der Waals surface area contributed by atoms with Crippen molar-refractivity contribution in [3.63, 3.8) is 0 Å². The molecule has 0 radical (unpaired) electrons. The van der Waals surface area contributed by atoms with Crippen LogP contribution in [0.2, 0.25) is 0 Å². The van der Waals surface area contributed by atoms with Gasteiger partial charge in [0.05, 0.1) is 29.4 Å². The highest BCUT2D eigenvalue weighted by molar-refractivity contribution is 7.89. The Morgan fingerprint density at radius 1 is 1.22 bits per heavy atom. The van der Waals surface area contributed by atoms with Crippen LogP contribution in [0.4, 0.5) is 15.9 Å². The van der Waals surface area contributed by atoms with Crippen molar-refractivity contribution in [2.24, 2.45) is 0 Å². The topological polar surface area (TPSA) is 108 Å². The van der Waals surface area contributed by atoms with Gasteiger partial charge in [-0.1, -0.05) is 6.07 Å². The number of carbonyl (C=O) groups excluding carboxylic acids is 1. The fraction of sp³-hybridized carbons (Fsp3) is 0.238. The van der Waals surface area contributed by atoms with Gasteiger partial charge in [-0.25, -0.2) is 12.8 Å². The van der Waals surface area contributed by atoms with Gasteiger partial charge in [-0.05, 0) is 36.4 Å². The van der Waals surface area contributed by atoms with E-state index in [9.17, 15) is 17.6 Å². The zero-order valence-electron chi connectivity index (χ0n) is 17.1. The first-order valence-electron chi connectivity index (χ1n) is 9.94. The maximum absolute atomic E-state index is 13.5. The van der Waals surface area contributed by atoms with Crippen LogP contribution in [0, 0.1) is 5.82 Å². The summed E-state index contributed by atoms with van der Waals surface area (Å²) >= 11 is 0. The SMILES string of the molecule is CN1CCOc2cc(C(=O)Nc3n[nH]c4c3CN(S(=O)(=O)c3cccc(F)c3)C4)ccc21. The van der Waals surface area contributed by atoms with Crippen LogP contribution in [-0.2, 0) is 23.1 Å². The van der Waals surface area contributed by atoms with Gasteiger partial charge in [0.1, 0.15) is 18.2 Å². The van der Waals surface area contributed by atoms with Gasteiger partial charge < -0.3 is 15.0 Å². The number of hydrogen-bond donors (Lipinski definition) is 2. The van der Waals surface area contributed by atoms with Crippen LogP contribution in [-0.4, -0.2) is 49.0 Å². The number of likely N-dealkylation sites (N-methyl/N-ethyl adjacent to an activating group) is 1. The van der Waals surface area contributed by atoms with Gasteiger partial charge in [0.2, 0.25) is 10.0 Å². The van der Waals surface area contributed by atoms with E-state index in [1.807, 2.05) is 13.1 Å². The summed E-state index contributed by atoms with van der Waals surface area (Å²) in [6.07, 6.45) is 0. The maximum Gasteiger partial charge on any atom is 0.257 e. The van der Waals surface area contributed by atoms with Gasteiger partial charge in [0.15, 0.2) is 5.82 Å². The van der Waals surface area contributed by atoms with E-state index in [1.54, 1.807) is 12.1 Å². The molecule has 0 unspecified atom stereocenters. The molecule has 2 N–H and O–H groups in total. The van der Waals surface area contributed by atoms with Crippen LogP contribution in [0.5, 0.6) is 5.75 Å². The Morgan fingerprint density at radius 3 is 2.88 bits per heavy atom. The molecule has 9 nitrogen and oxygen atoms in total.